The molecule has 1 aromatic heterocycles. The molecule has 3 rings (SSSR count). The summed E-state index contributed by atoms with van der Waals surface area (Å²) < 4.78 is 18.8. The molecule has 0 bridgehead atoms. The van der Waals surface area contributed by atoms with Crippen LogP contribution in [0.1, 0.15) is 5.56 Å². The number of hydrogen-bond donors (Lipinski definition) is 1. The lowest BCUT2D eigenvalue weighted by Crippen LogP contribution is -2.23. The van der Waals surface area contributed by atoms with Crippen LogP contribution in [-0.4, -0.2) is 38.0 Å². The van der Waals surface area contributed by atoms with Gasteiger partial charge in [0.25, 0.3) is 0 Å². The van der Waals surface area contributed by atoms with Gasteiger partial charge in [0.1, 0.15) is 5.82 Å². The number of halogens is 1. The Morgan fingerprint density at radius 1 is 1.08 bits per heavy atom. The highest BCUT2D eigenvalue weighted by atomic mass is 19.1. The SMILES string of the molecule is O[C@@H](COCc1ccccc1F)Cn1nnc(-c2ccccc2)n1. The Bertz CT molecular complexity index is 779. The van der Waals surface area contributed by atoms with Gasteiger partial charge < -0.3 is 9.84 Å². The Hall–Kier alpha value is -2.64. The average molecular weight is 328 g/mol. The Kier molecular flexibility index (Phi) is 5.25. The molecule has 24 heavy (non-hydrogen) atoms. The van der Waals surface area contributed by atoms with Crippen LogP contribution in [0, 0.1) is 5.82 Å². The van der Waals surface area contributed by atoms with Gasteiger partial charge in [0.05, 0.1) is 25.9 Å². The van der Waals surface area contributed by atoms with Crippen molar-refractivity contribution in [2.75, 3.05) is 6.61 Å². The van der Waals surface area contributed by atoms with E-state index in [2.05, 4.69) is 15.4 Å². The van der Waals surface area contributed by atoms with Crippen molar-refractivity contribution in [3.8, 4) is 11.4 Å². The second-order valence-corrected chi connectivity index (χ2v) is 5.29. The maximum absolute atomic E-state index is 13.4. The fraction of sp³-hybridized carbons (Fsp3) is 0.235. The van der Waals surface area contributed by atoms with Crippen LogP contribution in [0.25, 0.3) is 11.4 Å². The zero-order chi connectivity index (χ0) is 16.8. The van der Waals surface area contributed by atoms with Gasteiger partial charge in [0, 0.05) is 11.1 Å². The molecule has 2 aromatic carbocycles. The first-order chi connectivity index (χ1) is 11.7. The molecule has 0 spiro atoms. The molecule has 0 saturated heterocycles. The Labute approximate surface area is 138 Å². The second kappa shape index (κ2) is 7.76. The van der Waals surface area contributed by atoms with E-state index in [1.54, 1.807) is 18.2 Å². The van der Waals surface area contributed by atoms with Crippen molar-refractivity contribution >= 4 is 0 Å². The van der Waals surface area contributed by atoms with Gasteiger partial charge in [0.15, 0.2) is 0 Å². The normalized spacial score (nSPS) is 12.2. The topological polar surface area (TPSA) is 73.1 Å². The summed E-state index contributed by atoms with van der Waals surface area (Å²) in [5.41, 5.74) is 1.31. The number of ether oxygens (including phenoxy) is 1. The molecule has 1 atom stereocenters. The molecule has 7 heteroatoms. The molecule has 0 amide bonds. The highest BCUT2D eigenvalue weighted by Gasteiger charge is 2.11. The molecule has 1 heterocycles. The van der Waals surface area contributed by atoms with Gasteiger partial charge in [-0.25, -0.2) is 4.39 Å². The molecule has 0 aliphatic carbocycles. The first kappa shape index (κ1) is 16.2. The Morgan fingerprint density at radius 3 is 2.62 bits per heavy atom. The van der Waals surface area contributed by atoms with Gasteiger partial charge in [-0.2, -0.15) is 4.80 Å². The molecule has 0 unspecified atom stereocenters. The number of nitrogens with zero attached hydrogens (tertiary/aromatic N) is 4. The highest BCUT2D eigenvalue weighted by molar-refractivity contribution is 5.52. The summed E-state index contributed by atoms with van der Waals surface area (Å²) in [7, 11) is 0. The molecular weight excluding hydrogens is 311 g/mol. The summed E-state index contributed by atoms with van der Waals surface area (Å²) in [5.74, 6) is 0.174. The van der Waals surface area contributed by atoms with Gasteiger partial charge in [-0.1, -0.05) is 48.5 Å². The molecule has 0 aliphatic rings. The van der Waals surface area contributed by atoms with Crippen LogP contribution in [0.5, 0.6) is 0 Å². The number of aromatic nitrogens is 4. The number of hydrogen-bond acceptors (Lipinski definition) is 5. The van der Waals surface area contributed by atoms with Crippen LogP contribution in [0.2, 0.25) is 0 Å². The van der Waals surface area contributed by atoms with Gasteiger partial charge in [0.2, 0.25) is 5.82 Å². The van der Waals surface area contributed by atoms with E-state index in [1.807, 2.05) is 30.3 Å². The summed E-state index contributed by atoms with van der Waals surface area (Å²) in [6.07, 6.45) is -0.811. The van der Waals surface area contributed by atoms with E-state index in [1.165, 1.54) is 10.9 Å². The quantitative estimate of drug-likeness (QED) is 0.719. The molecule has 1 N–H and O–H groups in total. The predicted octanol–water partition coefficient (Wildman–Crippen LogP) is 2.06. The summed E-state index contributed by atoms with van der Waals surface area (Å²) in [5, 5.41) is 22.1. The zero-order valence-electron chi connectivity index (χ0n) is 12.9. The van der Waals surface area contributed by atoms with E-state index in [-0.39, 0.29) is 25.6 Å². The van der Waals surface area contributed by atoms with Crippen molar-refractivity contribution in [2.24, 2.45) is 0 Å². The average Bonchev–Trinajstić information content (AvgIpc) is 3.06. The van der Waals surface area contributed by atoms with Gasteiger partial charge >= 0.3 is 0 Å². The summed E-state index contributed by atoms with van der Waals surface area (Å²) in [6, 6.07) is 15.8. The number of tetrazole rings is 1. The number of benzene rings is 2. The maximum Gasteiger partial charge on any atom is 0.204 e. The third-order valence-corrected chi connectivity index (χ3v) is 3.38. The third-order valence-electron chi connectivity index (χ3n) is 3.38. The summed E-state index contributed by atoms with van der Waals surface area (Å²) in [4.78, 5) is 1.32. The van der Waals surface area contributed by atoms with Crippen LogP contribution in [0.3, 0.4) is 0 Å². The first-order valence-corrected chi connectivity index (χ1v) is 7.55. The minimum absolute atomic E-state index is 0.0521. The maximum atomic E-state index is 13.4. The molecule has 0 radical (unpaired) electrons. The molecule has 3 aromatic rings. The van der Waals surface area contributed by atoms with E-state index in [0.717, 1.165) is 5.56 Å². The van der Waals surface area contributed by atoms with E-state index in [4.69, 9.17) is 4.74 Å². The van der Waals surface area contributed by atoms with E-state index in [0.29, 0.717) is 11.4 Å². The third kappa shape index (κ3) is 4.21. The standard InChI is InChI=1S/C17H17FN4O2/c18-16-9-5-4-8-14(16)11-24-12-15(23)10-22-20-17(19-21-22)13-6-2-1-3-7-13/h1-9,15,23H,10-12H2/t15-/m1/s1. The summed E-state index contributed by atoms with van der Waals surface area (Å²) in [6.45, 7) is 0.303. The molecular formula is C17H17FN4O2. The molecule has 0 aliphatic heterocycles. The lowest BCUT2D eigenvalue weighted by Gasteiger charge is -2.10. The lowest BCUT2D eigenvalue weighted by molar-refractivity contribution is 0.0156. The van der Waals surface area contributed by atoms with Crippen molar-refractivity contribution < 1.29 is 14.2 Å². The van der Waals surface area contributed by atoms with Crippen LogP contribution in [-0.2, 0) is 17.9 Å². The van der Waals surface area contributed by atoms with Crippen LogP contribution in [0.4, 0.5) is 4.39 Å². The summed E-state index contributed by atoms with van der Waals surface area (Å²) >= 11 is 0. The van der Waals surface area contributed by atoms with Crippen LogP contribution in [0.15, 0.2) is 54.6 Å². The van der Waals surface area contributed by atoms with Gasteiger partial charge in [-0.05, 0) is 11.3 Å². The number of aliphatic hydroxyl groups excluding tert-OH is 1. The Balaban J connectivity index is 1.50. The van der Waals surface area contributed by atoms with Gasteiger partial charge in [-0.3, -0.25) is 0 Å². The monoisotopic (exact) mass is 328 g/mol. The Morgan fingerprint density at radius 2 is 1.83 bits per heavy atom. The van der Waals surface area contributed by atoms with Crippen molar-refractivity contribution in [1.29, 1.82) is 0 Å². The van der Waals surface area contributed by atoms with E-state index < -0.39 is 6.10 Å². The molecule has 0 saturated carbocycles. The van der Waals surface area contributed by atoms with E-state index >= 15 is 0 Å². The molecule has 6 nitrogen and oxygen atoms in total. The van der Waals surface area contributed by atoms with Crippen LogP contribution < -0.4 is 0 Å². The zero-order valence-corrected chi connectivity index (χ0v) is 12.9. The fourth-order valence-electron chi connectivity index (χ4n) is 2.18. The fourth-order valence-corrected chi connectivity index (χ4v) is 2.18. The largest absolute Gasteiger partial charge is 0.389 e. The number of rotatable bonds is 7. The van der Waals surface area contributed by atoms with Crippen molar-refractivity contribution in [1.82, 2.24) is 20.2 Å². The predicted molar refractivity (Wildman–Crippen MR) is 85.3 cm³/mol. The minimum Gasteiger partial charge on any atom is -0.389 e. The van der Waals surface area contributed by atoms with Crippen molar-refractivity contribution in [3.63, 3.8) is 0 Å². The number of aliphatic hydroxyl groups is 1. The molecule has 124 valence electrons. The van der Waals surface area contributed by atoms with Crippen molar-refractivity contribution in [3.05, 3.63) is 66.0 Å². The first-order valence-electron chi connectivity index (χ1n) is 7.55. The van der Waals surface area contributed by atoms with E-state index in [9.17, 15) is 9.50 Å². The van der Waals surface area contributed by atoms with Gasteiger partial charge in [-0.15, -0.1) is 10.2 Å². The minimum atomic E-state index is -0.811. The highest BCUT2D eigenvalue weighted by Crippen LogP contribution is 2.12. The van der Waals surface area contributed by atoms with Crippen molar-refractivity contribution in [2.45, 2.75) is 19.3 Å². The second-order valence-electron chi connectivity index (χ2n) is 5.29. The lowest BCUT2D eigenvalue weighted by atomic mass is 10.2. The molecule has 0 fully saturated rings. The van der Waals surface area contributed by atoms with Crippen LogP contribution >= 0.6 is 0 Å². The smallest absolute Gasteiger partial charge is 0.204 e.